The highest BCUT2D eigenvalue weighted by molar-refractivity contribution is 5.78. The van der Waals surface area contributed by atoms with Crippen LogP contribution in [0.5, 0.6) is 0 Å². The van der Waals surface area contributed by atoms with Crippen LogP contribution >= 0.6 is 0 Å². The first-order valence-electron chi connectivity index (χ1n) is 4.65. The van der Waals surface area contributed by atoms with E-state index < -0.39 is 0 Å². The summed E-state index contributed by atoms with van der Waals surface area (Å²) in [5, 5.41) is 0. The van der Waals surface area contributed by atoms with E-state index in [2.05, 4.69) is 23.7 Å². The van der Waals surface area contributed by atoms with E-state index in [-0.39, 0.29) is 0 Å². The second-order valence-corrected chi connectivity index (χ2v) is 3.73. The van der Waals surface area contributed by atoms with Crippen LogP contribution in [0.2, 0.25) is 0 Å². The first kappa shape index (κ1) is 9.36. The molecule has 0 bridgehead atoms. The fourth-order valence-electron chi connectivity index (χ4n) is 1.90. The van der Waals surface area contributed by atoms with E-state index in [0.717, 1.165) is 6.54 Å². The Hall–Kier alpha value is -0.730. The molecule has 1 unspecified atom stereocenters. The standard InChI is InChI=1S/C9H19N3/c1-7(2)8-5-4-6-12(8)9(10)11-3/h7-8H,4-6H2,1-3H3,(H2,10,11). The average molecular weight is 169 g/mol. The zero-order valence-corrected chi connectivity index (χ0v) is 8.25. The van der Waals surface area contributed by atoms with E-state index >= 15 is 0 Å². The van der Waals surface area contributed by atoms with Crippen LogP contribution in [0.15, 0.2) is 4.99 Å². The number of hydrogen-bond donors (Lipinski definition) is 1. The van der Waals surface area contributed by atoms with Crippen molar-refractivity contribution in [2.75, 3.05) is 13.6 Å². The molecule has 3 heteroatoms. The molecule has 1 heterocycles. The predicted octanol–water partition coefficient (Wildman–Crippen LogP) is 1.05. The summed E-state index contributed by atoms with van der Waals surface area (Å²) in [5.74, 6) is 1.37. The van der Waals surface area contributed by atoms with E-state index in [1.165, 1.54) is 12.8 Å². The van der Waals surface area contributed by atoms with Crippen molar-refractivity contribution >= 4 is 5.96 Å². The molecular formula is C9H19N3. The Morgan fingerprint density at radius 1 is 1.58 bits per heavy atom. The molecule has 1 atom stereocenters. The minimum Gasteiger partial charge on any atom is -0.370 e. The first-order chi connectivity index (χ1) is 5.66. The van der Waals surface area contributed by atoms with Crippen LogP contribution in [-0.2, 0) is 0 Å². The predicted molar refractivity (Wildman–Crippen MR) is 52.1 cm³/mol. The number of likely N-dealkylation sites (tertiary alicyclic amines) is 1. The van der Waals surface area contributed by atoms with Gasteiger partial charge in [0.1, 0.15) is 0 Å². The van der Waals surface area contributed by atoms with Gasteiger partial charge in [-0.3, -0.25) is 4.99 Å². The molecule has 2 N–H and O–H groups in total. The van der Waals surface area contributed by atoms with Gasteiger partial charge in [-0.25, -0.2) is 0 Å². The molecule has 0 radical (unpaired) electrons. The van der Waals surface area contributed by atoms with Crippen LogP contribution < -0.4 is 5.73 Å². The Morgan fingerprint density at radius 2 is 2.25 bits per heavy atom. The summed E-state index contributed by atoms with van der Waals surface area (Å²) < 4.78 is 0. The van der Waals surface area contributed by atoms with E-state index in [1.807, 2.05) is 0 Å². The van der Waals surface area contributed by atoms with Gasteiger partial charge in [0.25, 0.3) is 0 Å². The molecule has 0 aliphatic carbocycles. The third-order valence-corrected chi connectivity index (χ3v) is 2.59. The third-order valence-electron chi connectivity index (χ3n) is 2.59. The Balaban J connectivity index is 2.64. The Kier molecular flexibility index (Phi) is 2.95. The minimum absolute atomic E-state index is 0.605. The largest absolute Gasteiger partial charge is 0.370 e. The molecule has 1 rings (SSSR count). The molecule has 0 spiro atoms. The molecular weight excluding hydrogens is 150 g/mol. The monoisotopic (exact) mass is 169 g/mol. The highest BCUT2D eigenvalue weighted by atomic mass is 15.3. The maximum atomic E-state index is 5.78. The summed E-state index contributed by atoms with van der Waals surface area (Å²) in [6, 6.07) is 0.605. The molecule has 1 aliphatic rings. The summed E-state index contributed by atoms with van der Waals surface area (Å²) in [6.07, 6.45) is 2.51. The van der Waals surface area contributed by atoms with Crippen molar-refractivity contribution < 1.29 is 0 Å². The highest BCUT2D eigenvalue weighted by Crippen LogP contribution is 2.22. The van der Waals surface area contributed by atoms with Crippen molar-refractivity contribution in [3.8, 4) is 0 Å². The van der Waals surface area contributed by atoms with Crippen LogP contribution in [0.25, 0.3) is 0 Å². The van der Waals surface area contributed by atoms with Gasteiger partial charge in [0.15, 0.2) is 5.96 Å². The lowest BCUT2D eigenvalue weighted by atomic mass is 10.0. The lowest BCUT2D eigenvalue weighted by Gasteiger charge is -2.28. The molecule has 0 aromatic carbocycles. The van der Waals surface area contributed by atoms with Gasteiger partial charge in [-0.05, 0) is 18.8 Å². The fourth-order valence-corrected chi connectivity index (χ4v) is 1.90. The maximum absolute atomic E-state index is 5.78. The Bertz CT molecular complexity index is 175. The number of nitrogens with two attached hydrogens (primary N) is 1. The number of aliphatic imine (C=N–C) groups is 1. The average Bonchev–Trinajstić information content (AvgIpc) is 2.50. The molecule has 1 fully saturated rings. The third kappa shape index (κ3) is 1.71. The minimum atomic E-state index is 0.605. The van der Waals surface area contributed by atoms with Crippen LogP contribution in [0.3, 0.4) is 0 Å². The number of nitrogens with zero attached hydrogens (tertiary/aromatic N) is 2. The van der Waals surface area contributed by atoms with Gasteiger partial charge in [0, 0.05) is 19.6 Å². The van der Waals surface area contributed by atoms with Gasteiger partial charge in [0.2, 0.25) is 0 Å². The molecule has 12 heavy (non-hydrogen) atoms. The van der Waals surface area contributed by atoms with Crippen LogP contribution in [0.4, 0.5) is 0 Å². The molecule has 1 aliphatic heterocycles. The Morgan fingerprint density at radius 3 is 2.75 bits per heavy atom. The van der Waals surface area contributed by atoms with Crippen molar-refractivity contribution in [1.29, 1.82) is 0 Å². The van der Waals surface area contributed by atoms with Crippen molar-refractivity contribution in [3.05, 3.63) is 0 Å². The zero-order valence-electron chi connectivity index (χ0n) is 8.25. The van der Waals surface area contributed by atoms with Crippen LogP contribution in [0.1, 0.15) is 26.7 Å². The second kappa shape index (κ2) is 3.78. The quantitative estimate of drug-likeness (QED) is 0.471. The summed E-state index contributed by atoms with van der Waals surface area (Å²) in [5.41, 5.74) is 5.78. The van der Waals surface area contributed by atoms with Gasteiger partial charge in [-0.1, -0.05) is 13.8 Å². The summed E-state index contributed by atoms with van der Waals surface area (Å²) in [4.78, 5) is 6.25. The maximum Gasteiger partial charge on any atom is 0.191 e. The lowest BCUT2D eigenvalue weighted by Crippen LogP contribution is -2.42. The van der Waals surface area contributed by atoms with E-state index in [0.29, 0.717) is 17.9 Å². The van der Waals surface area contributed by atoms with Gasteiger partial charge in [0.05, 0.1) is 0 Å². The molecule has 0 amide bonds. The van der Waals surface area contributed by atoms with Gasteiger partial charge < -0.3 is 10.6 Å². The molecule has 1 saturated heterocycles. The van der Waals surface area contributed by atoms with Crippen molar-refractivity contribution in [3.63, 3.8) is 0 Å². The van der Waals surface area contributed by atoms with Gasteiger partial charge in [-0.15, -0.1) is 0 Å². The SMILES string of the molecule is CN=C(N)N1CCCC1C(C)C. The first-order valence-corrected chi connectivity index (χ1v) is 4.65. The summed E-state index contributed by atoms with van der Waals surface area (Å²) >= 11 is 0. The highest BCUT2D eigenvalue weighted by Gasteiger charge is 2.27. The van der Waals surface area contributed by atoms with E-state index in [9.17, 15) is 0 Å². The van der Waals surface area contributed by atoms with Crippen LogP contribution in [0, 0.1) is 5.92 Å². The molecule has 0 aromatic rings. The number of hydrogen-bond acceptors (Lipinski definition) is 1. The number of rotatable bonds is 1. The van der Waals surface area contributed by atoms with E-state index in [1.54, 1.807) is 7.05 Å². The number of guanidine groups is 1. The van der Waals surface area contributed by atoms with Gasteiger partial charge >= 0.3 is 0 Å². The Labute approximate surface area is 74.6 Å². The molecule has 0 saturated carbocycles. The lowest BCUT2D eigenvalue weighted by molar-refractivity contribution is 0.306. The molecule has 70 valence electrons. The fraction of sp³-hybridized carbons (Fsp3) is 0.889. The summed E-state index contributed by atoms with van der Waals surface area (Å²) in [6.45, 7) is 5.56. The van der Waals surface area contributed by atoms with Crippen molar-refractivity contribution in [2.24, 2.45) is 16.6 Å². The molecule has 3 nitrogen and oxygen atoms in total. The second-order valence-electron chi connectivity index (χ2n) is 3.73. The van der Waals surface area contributed by atoms with E-state index in [4.69, 9.17) is 5.73 Å². The van der Waals surface area contributed by atoms with Crippen LogP contribution in [-0.4, -0.2) is 30.5 Å². The van der Waals surface area contributed by atoms with Crippen molar-refractivity contribution in [1.82, 2.24) is 4.90 Å². The zero-order chi connectivity index (χ0) is 9.14. The normalized spacial score (nSPS) is 25.5. The van der Waals surface area contributed by atoms with Gasteiger partial charge in [-0.2, -0.15) is 0 Å². The topological polar surface area (TPSA) is 41.6 Å². The summed E-state index contributed by atoms with van der Waals surface area (Å²) in [7, 11) is 1.76. The smallest absolute Gasteiger partial charge is 0.191 e. The van der Waals surface area contributed by atoms with Crippen molar-refractivity contribution in [2.45, 2.75) is 32.7 Å². The molecule has 0 aromatic heterocycles.